The van der Waals surface area contributed by atoms with Crippen LogP contribution >= 0.6 is 11.6 Å². The summed E-state index contributed by atoms with van der Waals surface area (Å²) in [5.74, 6) is -1.18. The van der Waals surface area contributed by atoms with Crippen LogP contribution in [0.2, 0.25) is 5.02 Å². The van der Waals surface area contributed by atoms with Crippen LogP contribution in [0.25, 0.3) is 12.2 Å². The molecule has 0 spiro atoms. The first kappa shape index (κ1) is 31.2. The Morgan fingerprint density at radius 3 is 2.69 bits per heavy atom. The van der Waals surface area contributed by atoms with E-state index in [2.05, 4.69) is 5.10 Å². The molecule has 42 heavy (non-hydrogen) atoms. The fraction of sp³-hybridized carbons (Fsp3) is 0.333. The molecule has 4 rings (SSSR count). The number of aromatic nitrogens is 2. The van der Waals surface area contributed by atoms with Gasteiger partial charge in [0.1, 0.15) is 18.5 Å². The molecule has 0 fully saturated rings. The number of rotatable bonds is 11. The SMILES string of the molecule is CCn1cc(S(=O)(=O)N2C[C@H](CCC(=O)O)Oc3ccc(/C=C/c4c(Cl)cccc4C(F)(F)F)cc32)c(OCCO)n1. The summed E-state index contributed by atoms with van der Waals surface area (Å²) in [5.41, 5.74) is -0.759. The zero-order valence-corrected chi connectivity index (χ0v) is 23.8. The molecule has 0 saturated carbocycles. The number of aliphatic carboxylic acids is 1. The Bertz CT molecular complexity index is 1590. The summed E-state index contributed by atoms with van der Waals surface area (Å²) in [7, 11) is -4.39. The number of alkyl halides is 3. The number of carboxylic acid groups (broad SMARTS) is 1. The molecular formula is C27H27ClF3N3O7S. The third-order valence-electron chi connectivity index (χ3n) is 6.31. The highest BCUT2D eigenvalue weighted by Gasteiger charge is 2.38. The van der Waals surface area contributed by atoms with E-state index in [0.717, 1.165) is 10.4 Å². The molecule has 2 N–H and O–H groups in total. The van der Waals surface area contributed by atoms with Crippen LogP contribution in [-0.2, 0) is 27.5 Å². The highest BCUT2D eigenvalue weighted by molar-refractivity contribution is 7.93. The van der Waals surface area contributed by atoms with Gasteiger partial charge in [0.2, 0.25) is 0 Å². The molecule has 2 aromatic carbocycles. The summed E-state index contributed by atoms with van der Waals surface area (Å²) in [6.07, 6.45) is -1.89. The van der Waals surface area contributed by atoms with Crippen molar-refractivity contribution in [1.82, 2.24) is 9.78 Å². The first-order valence-corrected chi connectivity index (χ1v) is 14.6. The molecule has 226 valence electrons. The lowest BCUT2D eigenvalue weighted by Crippen LogP contribution is -2.43. The Morgan fingerprint density at radius 2 is 2.02 bits per heavy atom. The number of aryl methyl sites for hydroxylation is 1. The second kappa shape index (κ2) is 12.6. The van der Waals surface area contributed by atoms with Crippen molar-refractivity contribution in [1.29, 1.82) is 0 Å². The summed E-state index contributed by atoms with van der Waals surface area (Å²) in [4.78, 5) is 10.9. The van der Waals surface area contributed by atoms with Gasteiger partial charge in [-0.15, -0.1) is 5.10 Å². The van der Waals surface area contributed by atoms with Crippen LogP contribution in [0.1, 0.15) is 36.5 Å². The van der Waals surface area contributed by atoms with Crippen molar-refractivity contribution in [3.05, 3.63) is 64.3 Å². The molecular weight excluding hydrogens is 603 g/mol. The van der Waals surface area contributed by atoms with Crippen LogP contribution in [-0.4, -0.2) is 60.2 Å². The number of aliphatic hydroxyl groups excluding tert-OH is 1. The van der Waals surface area contributed by atoms with Gasteiger partial charge in [0.15, 0.2) is 4.90 Å². The average Bonchev–Trinajstić information content (AvgIpc) is 3.37. The fourth-order valence-corrected chi connectivity index (χ4v) is 6.13. The third-order valence-corrected chi connectivity index (χ3v) is 8.41. The monoisotopic (exact) mass is 629 g/mol. The van der Waals surface area contributed by atoms with Crippen molar-refractivity contribution in [2.45, 2.75) is 43.5 Å². The first-order chi connectivity index (χ1) is 19.8. The standard InChI is InChI=1S/C27H27ClF3N3O7S/c1-2-33-16-24(26(32-33)40-13-12-35)42(38,39)34-15-18(8-11-25(36)37)41-23-10-7-17(14-22(23)34)6-9-19-20(27(29,30)31)4-3-5-21(19)28/h3-7,9-10,14,16,18,35H,2,8,11-13,15H2,1H3,(H,36,37)/b9-6+/t18-/m0/s1. The lowest BCUT2D eigenvalue weighted by atomic mass is 10.0. The summed E-state index contributed by atoms with van der Waals surface area (Å²) >= 11 is 6.06. The van der Waals surface area contributed by atoms with Crippen molar-refractivity contribution in [2.24, 2.45) is 0 Å². The fourth-order valence-electron chi connectivity index (χ4n) is 4.31. The number of nitrogens with zero attached hydrogens (tertiary/aromatic N) is 3. The number of aliphatic hydroxyl groups is 1. The molecule has 0 saturated heterocycles. The summed E-state index contributed by atoms with van der Waals surface area (Å²) in [6, 6.07) is 7.84. The molecule has 0 unspecified atom stereocenters. The van der Waals surface area contributed by atoms with Gasteiger partial charge in [0, 0.05) is 29.7 Å². The number of carboxylic acids is 1. The van der Waals surface area contributed by atoms with Crippen LogP contribution in [0.5, 0.6) is 11.6 Å². The lowest BCUT2D eigenvalue weighted by Gasteiger charge is -2.35. The smallest absolute Gasteiger partial charge is 0.417 e. The van der Waals surface area contributed by atoms with Crippen molar-refractivity contribution in [3.63, 3.8) is 0 Å². The van der Waals surface area contributed by atoms with Crippen molar-refractivity contribution >= 4 is 45.4 Å². The number of halogens is 4. The van der Waals surface area contributed by atoms with E-state index in [1.165, 1.54) is 53.4 Å². The summed E-state index contributed by atoms with van der Waals surface area (Å²) in [5, 5.41) is 22.3. The van der Waals surface area contributed by atoms with Gasteiger partial charge in [-0.25, -0.2) is 8.42 Å². The van der Waals surface area contributed by atoms with E-state index < -0.39 is 33.8 Å². The van der Waals surface area contributed by atoms with Crippen molar-refractivity contribution in [3.8, 4) is 11.6 Å². The van der Waals surface area contributed by atoms with Gasteiger partial charge in [-0.05, 0) is 43.2 Å². The van der Waals surface area contributed by atoms with E-state index in [9.17, 15) is 31.5 Å². The predicted octanol–water partition coefficient (Wildman–Crippen LogP) is 4.94. The van der Waals surface area contributed by atoms with Gasteiger partial charge in [-0.1, -0.05) is 35.9 Å². The maximum atomic E-state index is 14.0. The van der Waals surface area contributed by atoms with Gasteiger partial charge in [-0.2, -0.15) is 13.2 Å². The van der Waals surface area contributed by atoms with Crippen LogP contribution in [0, 0.1) is 0 Å². The van der Waals surface area contributed by atoms with Gasteiger partial charge < -0.3 is 19.7 Å². The van der Waals surface area contributed by atoms with Gasteiger partial charge in [0.25, 0.3) is 15.9 Å². The van der Waals surface area contributed by atoms with E-state index in [0.29, 0.717) is 12.1 Å². The normalized spacial score (nSPS) is 15.5. The molecule has 0 radical (unpaired) electrons. The zero-order chi connectivity index (χ0) is 30.7. The second-order valence-electron chi connectivity index (χ2n) is 9.19. The minimum Gasteiger partial charge on any atom is -0.486 e. The number of ether oxygens (including phenoxy) is 2. The Hall–Kier alpha value is -3.75. The predicted molar refractivity (Wildman–Crippen MR) is 148 cm³/mol. The molecule has 0 bridgehead atoms. The highest BCUT2D eigenvalue weighted by atomic mass is 35.5. The molecule has 0 aliphatic carbocycles. The molecule has 1 aliphatic heterocycles. The molecule has 2 heterocycles. The minimum atomic E-state index is -4.65. The maximum absolute atomic E-state index is 14.0. The summed E-state index contributed by atoms with van der Waals surface area (Å²) < 4.78 is 82.4. The van der Waals surface area contributed by atoms with Crippen LogP contribution < -0.4 is 13.8 Å². The van der Waals surface area contributed by atoms with Gasteiger partial charge >= 0.3 is 12.1 Å². The van der Waals surface area contributed by atoms with E-state index >= 15 is 0 Å². The van der Waals surface area contributed by atoms with Crippen LogP contribution in [0.3, 0.4) is 0 Å². The van der Waals surface area contributed by atoms with E-state index in [4.69, 9.17) is 26.2 Å². The number of hydrogen-bond donors (Lipinski definition) is 2. The Balaban J connectivity index is 1.78. The minimum absolute atomic E-state index is 0.0112. The molecule has 1 aliphatic rings. The Kier molecular flexibility index (Phi) is 9.38. The average molecular weight is 630 g/mol. The van der Waals surface area contributed by atoms with Crippen LogP contribution in [0.15, 0.2) is 47.5 Å². The molecule has 0 amide bonds. The highest BCUT2D eigenvalue weighted by Crippen LogP contribution is 2.41. The first-order valence-electron chi connectivity index (χ1n) is 12.7. The zero-order valence-electron chi connectivity index (χ0n) is 22.2. The number of hydrogen-bond acceptors (Lipinski definition) is 7. The van der Waals surface area contributed by atoms with Crippen molar-refractivity contribution in [2.75, 3.05) is 24.1 Å². The second-order valence-corrected chi connectivity index (χ2v) is 11.4. The van der Waals surface area contributed by atoms with Gasteiger partial charge in [0.05, 0.1) is 24.4 Å². The maximum Gasteiger partial charge on any atom is 0.417 e. The number of benzene rings is 2. The summed E-state index contributed by atoms with van der Waals surface area (Å²) in [6.45, 7) is 1.22. The molecule has 1 aromatic heterocycles. The van der Waals surface area contributed by atoms with Crippen molar-refractivity contribution < 1.29 is 46.1 Å². The Labute approximate surface area is 244 Å². The lowest BCUT2D eigenvalue weighted by molar-refractivity contribution is -0.138. The quantitative estimate of drug-likeness (QED) is 0.285. The molecule has 10 nitrogen and oxygen atoms in total. The topological polar surface area (TPSA) is 131 Å². The molecule has 3 aromatic rings. The number of fused-ring (bicyclic) bond motifs is 1. The molecule has 15 heteroatoms. The van der Waals surface area contributed by atoms with E-state index in [-0.39, 0.29) is 65.4 Å². The number of anilines is 1. The molecule has 1 atom stereocenters. The van der Waals surface area contributed by atoms with Gasteiger partial charge in [-0.3, -0.25) is 13.8 Å². The number of carbonyl (C=O) groups is 1. The largest absolute Gasteiger partial charge is 0.486 e. The Morgan fingerprint density at radius 1 is 1.26 bits per heavy atom. The van der Waals surface area contributed by atoms with Crippen LogP contribution in [0.4, 0.5) is 18.9 Å². The van der Waals surface area contributed by atoms with E-state index in [1.807, 2.05) is 0 Å². The third kappa shape index (κ3) is 6.82. The number of sulfonamides is 1. The van der Waals surface area contributed by atoms with E-state index in [1.54, 1.807) is 6.92 Å².